The van der Waals surface area contributed by atoms with E-state index in [0.717, 1.165) is 50.5 Å². The monoisotopic (exact) mass is 484 g/mol. The molecular formula is C28H36O7. The summed E-state index contributed by atoms with van der Waals surface area (Å²) in [7, 11) is 0. The molecular weight excluding hydrogens is 448 g/mol. The number of rotatable bonds is 5. The van der Waals surface area contributed by atoms with Crippen molar-refractivity contribution < 1.29 is 28.6 Å². The second kappa shape index (κ2) is 7.92. The van der Waals surface area contributed by atoms with Crippen LogP contribution in [0.3, 0.4) is 0 Å². The second-order valence-corrected chi connectivity index (χ2v) is 12.3. The summed E-state index contributed by atoms with van der Waals surface area (Å²) in [6.45, 7) is 4.87. The van der Waals surface area contributed by atoms with Crippen molar-refractivity contribution in [2.45, 2.75) is 102 Å². The number of carbonyl (C=O) groups excluding carboxylic acids is 1. The molecule has 1 aliphatic heterocycles. The Bertz CT molecular complexity index is 1070. The molecule has 1 N–H and O–H groups in total. The van der Waals surface area contributed by atoms with Gasteiger partial charge in [0.05, 0.1) is 25.2 Å². The first-order valence-corrected chi connectivity index (χ1v) is 13.4. The average molecular weight is 485 g/mol. The van der Waals surface area contributed by atoms with Gasteiger partial charge in [0.15, 0.2) is 0 Å². The van der Waals surface area contributed by atoms with Gasteiger partial charge in [-0.05, 0) is 92.1 Å². The normalized spacial score (nSPS) is 45.4. The van der Waals surface area contributed by atoms with Crippen LogP contribution in [0, 0.1) is 28.6 Å². The van der Waals surface area contributed by atoms with Gasteiger partial charge in [-0.1, -0.05) is 13.8 Å². The summed E-state index contributed by atoms with van der Waals surface area (Å²) in [6, 6.07) is 3.49. The molecule has 0 aromatic carbocycles. The molecule has 0 radical (unpaired) electrons. The molecule has 7 nitrogen and oxygen atoms in total. The number of fused-ring (bicyclic) bond motifs is 3. The molecule has 7 heteroatoms. The zero-order valence-corrected chi connectivity index (χ0v) is 20.7. The molecule has 9 atom stereocenters. The van der Waals surface area contributed by atoms with Gasteiger partial charge in [0.25, 0.3) is 0 Å². The topological polar surface area (TPSA) is 106 Å². The average Bonchev–Trinajstić information content (AvgIpc) is 3.48. The highest BCUT2D eigenvalue weighted by molar-refractivity contribution is 5.76. The minimum atomic E-state index is -0.966. The third-order valence-corrected chi connectivity index (χ3v) is 11.0. The molecule has 1 aromatic rings. The first-order chi connectivity index (χ1) is 16.7. The van der Waals surface area contributed by atoms with Crippen molar-refractivity contribution in [3.05, 3.63) is 34.4 Å². The number of carboxylic acid groups (broad SMARTS) is 1. The minimum Gasteiger partial charge on any atom is -0.481 e. The third-order valence-electron chi connectivity index (χ3n) is 11.0. The third kappa shape index (κ3) is 3.36. The zero-order chi connectivity index (χ0) is 24.6. The Labute approximate surface area is 205 Å². The van der Waals surface area contributed by atoms with E-state index in [-0.39, 0.29) is 47.0 Å². The molecule has 1 spiro atoms. The lowest BCUT2D eigenvalue weighted by Crippen LogP contribution is -2.58. The van der Waals surface area contributed by atoms with Crippen LogP contribution in [-0.2, 0) is 19.1 Å². The molecule has 2 heterocycles. The van der Waals surface area contributed by atoms with Gasteiger partial charge in [0.1, 0.15) is 11.7 Å². The van der Waals surface area contributed by atoms with E-state index in [2.05, 4.69) is 13.8 Å². The molecule has 6 rings (SSSR count). The standard InChI is InChI=1S/C28H36O7/c1-26-11-9-18(34-25(32)8-6-23(29)30)13-17(26)4-5-20-19(26)10-12-27(2)21(14-22-28(20,27)35-22)16-3-7-24(31)33-15-16/h3,7,15,17-22H,4-6,8-14H2,1-2H3,(H,29,30). The van der Waals surface area contributed by atoms with Gasteiger partial charge in [-0.25, -0.2) is 4.79 Å². The first kappa shape index (κ1) is 23.3. The van der Waals surface area contributed by atoms with Crippen LogP contribution in [0.15, 0.2) is 27.6 Å². The maximum atomic E-state index is 12.1. The summed E-state index contributed by atoms with van der Waals surface area (Å²) in [6.07, 6.45) is 10.0. The molecule has 5 fully saturated rings. The molecule has 1 aromatic heterocycles. The Morgan fingerprint density at radius 1 is 1.06 bits per heavy atom. The van der Waals surface area contributed by atoms with Crippen LogP contribution in [0.25, 0.3) is 0 Å². The number of aliphatic carboxylic acids is 1. The maximum Gasteiger partial charge on any atom is 0.335 e. The van der Waals surface area contributed by atoms with Crippen LogP contribution < -0.4 is 5.63 Å². The van der Waals surface area contributed by atoms with Crippen molar-refractivity contribution in [3.63, 3.8) is 0 Å². The van der Waals surface area contributed by atoms with Gasteiger partial charge >= 0.3 is 17.6 Å². The van der Waals surface area contributed by atoms with Crippen LogP contribution in [0.4, 0.5) is 0 Å². The van der Waals surface area contributed by atoms with E-state index in [1.807, 2.05) is 6.07 Å². The van der Waals surface area contributed by atoms with Gasteiger partial charge in [0.2, 0.25) is 0 Å². The summed E-state index contributed by atoms with van der Waals surface area (Å²) in [4.78, 5) is 34.4. The van der Waals surface area contributed by atoms with E-state index in [0.29, 0.717) is 29.8 Å². The highest BCUT2D eigenvalue weighted by Crippen LogP contribution is 2.78. The van der Waals surface area contributed by atoms with Crippen molar-refractivity contribution >= 4 is 11.9 Å². The Balaban J connectivity index is 1.18. The first-order valence-electron chi connectivity index (χ1n) is 13.4. The van der Waals surface area contributed by atoms with Gasteiger partial charge in [0, 0.05) is 11.5 Å². The van der Waals surface area contributed by atoms with E-state index in [1.165, 1.54) is 6.42 Å². The Morgan fingerprint density at radius 3 is 2.63 bits per heavy atom. The Hall–Kier alpha value is -2.15. The predicted octanol–water partition coefficient (Wildman–Crippen LogP) is 4.67. The van der Waals surface area contributed by atoms with Crippen molar-refractivity contribution in [1.29, 1.82) is 0 Å². The lowest BCUT2D eigenvalue weighted by atomic mass is 9.44. The van der Waals surface area contributed by atoms with Crippen LogP contribution in [0.1, 0.15) is 89.5 Å². The molecule has 35 heavy (non-hydrogen) atoms. The molecule has 9 unspecified atom stereocenters. The Morgan fingerprint density at radius 2 is 1.89 bits per heavy atom. The van der Waals surface area contributed by atoms with Crippen molar-refractivity contribution in [2.24, 2.45) is 28.6 Å². The Kier molecular flexibility index (Phi) is 5.27. The van der Waals surface area contributed by atoms with E-state index in [9.17, 15) is 14.4 Å². The largest absolute Gasteiger partial charge is 0.481 e. The summed E-state index contributed by atoms with van der Waals surface area (Å²) in [5, 5.41) is 8.83. The van der Waals surface area contributed by atoms with E-state index < -0.39 is 5.97 Å². The molecule has 4 aliphatic carbocycles. The number of carbonyl (C=O) groups is 2. The van der Waals surface area contributed by atoms with Gasteiger partial charge < -0.3 is 19.0 Å². The quantitative estimate of drug-likeness (QED) is 0.478. The summed E-state index contributed by atoms with van der Waals surface area (Å²) in [5.74, 6) is 0.682. The van der Waals surface area contributed by atoms with Crippen LogP contribution in [0.5, 0.6) is 0 Å². The van der Waals surface area contributed by atoms with Gasteiger partial charge in [-0.15, -0.1) is 0 Å². The molecule has 190 valence electrons. The van der Waals surface area contributed by atoms with E-state index >= 15 is 0 Å². The van der Waals surface area contributed by atoms with Crippen molar-refractivity contribution in [2.75, 3.05) is 0 Å². The van der Waals surface area contributed by atoms with Crippen LogP contribution >= 0.6 is 0 Å². The van der Waals surface area contributed by atoms with Gasteiger partial charge in [-0.2, -0.15) is 0 Å². The predicted molar refractivity (Wildman–Crippen MR) is 126 cm³/mol. The number of carboxylic acids is 1. The smallest absolute Gasteiger partial charge is 0.335 e. The number of hydrogen-bond donors (Lipinski definition) is 1. The van der Waals surface area contributed by atoms with Gasteiger partial charge in [-0.3, -0.25) is 9.59 Å². The van der Waals surface area contributed by atoms with E-state index in [4.69, 9.17) is 19.0 Å². The van der Waals surface area contributed by atoms with Crippen molar-refractivity contribution in [1.82, 2.24) is 0 Å². The number of epoxide rings is 1. The summed E-state index contributed by atoms with van der Waals surface area (Å²) >= 11 is 0. The number of hydrogen-bond acceptors (Lipinski definition) is 6. The summed E-state index contributed by atoms with van der Waals surface area (Å²) < 4.78 is 17.6. The fraction of sp³-hybridized carbons (Fsp3) is 0.750. The lowest BCUT2D eigenvalue weighted by molar-refractivity contribution is -0.165. The van der Waals surface area contributed by atoms with Crippen LogP contribution in [-0.4, -0.2) is 34.9 Å². The highest BCUT2D eigenvalue weighted by atomic mass is 16.6. The number of ether oxygens (including phenoxy) is 2. The fourth-order valence-electron chi connectivity index (χ4n) is 9.28. The molecule has 5 aliphatic rings. The lowest BCUT2D eigenvalue weighted by Gasteiger charge is -2.61. The van der Waals surface area contributed by atoms with Crippen LogP contribution in [0.2, 0.25) is 0 Å². The fourth-order valence-corrected chi connectivity index (χ4v) is 9.28. The summed E-state index contributed by atoms with van der Waals surface area (Å²) in [5.41, 5.74) is 1.04. The molecule has 4 saturated carbocycles. The maximum absolute atomic E-state index is 12.1. The molecule has 0 amide bonds. The van der Waals surface area contributed by atoms with Crippen molar-refractivity contribution in [3.8, 4) is 0 Å². The highest BCUT2D eigenvalue weighted by Gasteiger charge is 2.80. The molecule has 1 saturated heterocycles. The minimum absolute atomic E-state index is 0.0513. The van der Waals surface area contributed by atoms with E-state index in [1.54, 1.807) is 12.3 Å². The second-order valence-electron chi connectivity index (χ2n) is 12.3. The zero-order valence-electron chi connectivity index (χ0n) is 20.7. The number of esters is 1. The molecule has 0 bridgehead atoms. The SMILES string of the molecule is CC12CCC(OC(=O)CCC(=O)O)CC1CCC1C2CCC2(C)C(c3ccc(=O)oc3)CC3OC312.